The molecule has 0 fully saturated rings. The lowest BCUT2D eigenvalue weighted by atomic mass is 10.1. The monoisotopic (exact) mass is 345 g/mol. The van der Waals surface area contributed by atoms with Crippen molar-refractivity contribution >= 4 is 17.6 Å². The molecule has 25 heavy (non-hydrogen) atoms. The summed E-state index contributed by atoms with van der Waals surface area (Å²) in [7, 11) is 0. The van der Waals surface area contributed by atoms with Gasteiger partial charge in [-0.1, -0.05) is 12.1 Å². The molecule has 0 heterocycles. The molecule has 0 saturated carbocycles. The van der Waals surface area contributed by atoms with Crippen molar-refractivity contribution in [1.82, 2.24) is 0 Å². The van der Waals surface area contributed by atoms with Gasteiger partial charge >= 0.3 is 5.97 Å². The van der Waals surface area contributed by atoms with Crippen LogP contribution < -0.4 is 5.32 Å². The number of anilines is 1. The molecule has 1 N–H and O–H groups in total. The number of nitrogens with one attached hydrogen (secondary N) is 1. The van der Waals surface area contributed by atoms with Crippen molar-refractivity contribution in [1.29, 1.82) is 0 Å². The number of hydrogen-bond donors (Lipinski definition) is 1. The zero-order valence-corrected chi connectivity index (χ0v) is 13.6. The minimum atomic E-state index is -1.22. The number of halogens is 2. The molecule has 1 aliphatic carbocycles. The molecule has 2 aromatic carbocycles. The van der Waals surface area contributed by atoms with Gasteiger partial charge in [0.1, 0.15) is 17.2 Å². The van der Waals surface area contributed by atoms with E-state index in [1.165, 1.54) is 18.1 Å². The predicted molar refractivity (Wildman–Crippen MR) is 88.3 cm³/mol. The Kier molecular flexibility index (Phi) is 4.79. The molecule has 130 valence electrons. The Morgan fingerprint density at radius 2 is 1.76 bits per heavy atom. The number of esters is 1. The highest BCUT2D eigenvalue weighted by Crippen LogP contribution is 2.25. The van der Waals surface area contributed by atoms with Crippen LogP contribution in [0.3, 0.4) is 0 Å². The lowest BCUT2D eigenvalue weighted by Crippen LogP contribution is -2.30. The number of carbonyl (C=O) groups excluding carboxylic acids is 2. The average Bonchev–Trinajstić information content (AvgIpc) is 3.02. The summed E-state index contributed by atoms with van der Waals surface area (Å²) in [5.41, 5.74) is 2.26. The maximum Gasteiger partial charge on any atom is 0.344 e. The van der Waals surface area contributed by atoms with Crippen LogP contribution in [0.1, 0.15) is 34.8 Å². The van der Waals surface area contributed by atoms with Crippen LogP contribution in [0.15, 0.2) is 36.4 Å². The van der Waals surface area contributed by atoms with E-state index in [4.69, 9.17) is 4.74 Å². The molecule has 1 atom stereocenters. The summed E-state index contributed by atoms with van der Waals surface area (Å²) in [6.07, 6.45) is 1.90. The normalized spacial score (nSPS) is 13.9. The molecule has 0 bridgehead atoms. The van der Waals surface area contributed by atoms with Gasteiger partial charge in [-0.15, -0.1) is 0 Å². The summed E-state index contributed by atoms with van der Waals surface area (Å²) in [6, 6.07) is 8.69. The van der Waals surface area contributed by atoms with Crippen molar-refractivity contribution in [2.24, 2.45) is 0 Å². The van der Waals surface area contributed by atoms with Crippen LogP contribution in [0.2, 0.25) is 0 Å². The molecule has 0 saturated heterocycles. The summed E-state index contributed by atoms with van der Waals surface area (Å²) in [4.78, 5) is 24.1. The van der Waals surface area contributed by atoms with Gasteiger partial charge in [-0.3, -0.25) is 4.79 Å². The fraction of sp³-hybridized carbons (Fsp3) is 0.263. The Balaban J connectivity index is 1.65. The van der Waals surface area contributed by atoms with Gasteiger partial charge in [0.15, 0.2) is 6.10 Å². The number of carbonyl (C=O) groups is 2. The summed E-state index contributed by atoms with van der Waals surface area (Å²) in [5.74, 6) is -3.84. The number of ether oxygens (including phenoxy) is 1. The van der Waals surface area contributed by atoms with Crippen molar-refractivity contribution in [3.05, 3.63) is 64.7 Å². The first kappa shape index (κ1) is 17.1. The molecule has 6 heteroatoms. The summed E-state index contributed by atoms with van der Waals surface area (Å²) >= 11 is 0. The second-order valence-corrected chi connectivity index (χ2v) is 5.97. The van der Waals surface area contributed by atoms with E-state index in [0.717, 1.165) is 37.5 Å². The third kappa shape index (κ3) is 3.68. The maximum atomic E-state index is 13.6. The third-order valence-corrected chi connectivity index (χ3v) is 4.19. The van der Waals surface area contributed by atoms with Crippen molar-refractivity contribution in [2.45, 2.75) is 32.3 Å². The Hall–Kier alpha value is -2.76. The van der Waals surface area contributed by atoms with E-state index in [2.05, 4.69) is 5.32 Å². The van der Waals surface area contributed by atoms with Gasteiger partial charge in [0, 0.05) is 5.69 Å². The summed E-state index contributed by atoms with van der Waals surface area (Å²) in [5, 5.41) is 2.65. The number of benzene rings is 2. The number of hydrogen-bond acceptors (Lipinski definition) is 3. The minimum absolute atomic E-state index is 0.567. The largest absolute Gasteiger partial charge is 0.449 e. The zero-order chi connectivity index (χ0) is 18.0. The minimum Gasteiger partial charge on any atom is -0.449 e. The van der Waals surface area contributed by atoms with Crippen LogP contribution in [-0.4, -0.2) is 18.0 Å². The standard InChI is InChI=1S/C19H17F2NO3/c1-11(25-19(24)17-15(20)6-3-7-16(17)21)18(23)22-14-9-8-12-4-2-5-13(12)10-14/h3,6-11H,2,4-5H2,1H3,(H,22,23)/t11-/m0/s1. The fourth-order valence-electron chi connectivity index (χ4n) is 2.86. The van der Waals surface area contributed by atoms with Crippen LogP contribution in [0.25, 0.3) is 0 Å². The van der Waals surface area contributed by atoms with E-state index in [9.17, 15) is 18.4 Å². The number of rotatable bonds is 4. The van der Waals surface area contributed by atoms with Gasteiger partial charge < -0.3 is 10.1 Å². The Labute approximate surface area is 143 Å². The zero-order valence-electron chi connectivity index (χ0n) is 13.6. The van der Waals surface area contributed by atoms with Crippen molar-refractivity contribution in [2.75, 3.05) is 5.32 Å². The second kappa shape index (κ2) is 7.01. The smallest absolute Gasteiger partial charge is 0.344 e. The highest BCUT2D eigenvalue weighted by molar-refractivity contribution is 5.97. The van der Waals surface area contributed by atoms with Gasteiger partial charge in [0.05, 0.1) is 0 Å². The molecule has 0 spiro atoms. The van der Waals surface area contributed by atoms with Crippen molar-refractivity contribution in [3.8, 4) is 0 Å². The van der Waals surface area contributed by atoms with E-state index in [-0.39, 0.29) is 0 Å². The Morgan fingerprint density at radius 1 is 1.08 bits per heavy atom. The SMILES string of the molecule is C[C@H](OC(=O)c1c(F)cccc1F)C(=O)Nc1ccc2c(c1)CCC2. The Bertz CT molecular complexity index is 815. The van der Waals surface area contributed by atoms with Gasteiger partial charge in [-0.05, 0) is 61.6 Å². The molecule has 0 radical (unpaired) electrons. The van der Waals surface area contributed by atoms with Crippen LogP contribution in [0.5, 0.6) is 0 Å². The van der Waals surface area contributed by atoms with Crippen LogP contribution in [-0.2, 0) is 22.4 Å². The third-order valence-electron chi connectivity index (χ3n) is 4.19. The summed E-state index contributed by atoms with van der Waals surface area (Å²) in [6.45, 7) is 1.35. The molecule has 0 aromatic heterocycles. The van der Waals surface area contributed by atoms with E-state index in [1.807, 2.05) is 12.1 Å². The lowest BCUT2D eigenvalue weighted by Gasteiger charge is -2.14. The molecule has 0 aliphatic heterocycles. The molecule has 0 unspecified atom stereocenters. The first-order valence-corrected chi connectivity index (χ1v) is 8.03. The van der Waals surface area contributed by atoms with Crippen molar-refractivity contribution < 1.29 is 23.1 Å². The van der Waals surface area contributed by atoms with Crippen LogP contribution in [0.4, 0.5) is 14.5 Å². The van der Waals surface area contributed by atoms with Gasteiger partial charge in [0.25, 0.3) is 5.91 Å². The Morgan fingerprint density at radius 3 is 2.48 bits per heavy atom. The van der Waals surface area contributed by atoms with Crippen LogP contribution >= 0.6 is 0 Å². The first-order valence-electron chi connectivity index (χ1n) is 8.03. The second-order valence-electron chi connectivity index (χ2n) is 5.97. The first-order chi connectivity index (χ1) is 12.0. The topological polar surface area (TPSA) is 55.4 Å². The average molecular weight is 345 g/mol. The van der Waals surface area contributed by atoms with E-state index < -0.39 is 35.2 Å². The van der Waals surface area contributed by atoms with Gasteiger partial charge in [0.2, 0.25) is 0 Å². The van der Waals surface area contributed by atoms with E-state index in [0.29, 0.717) is 5.69 Å². The van der Waals surface area contributed by atoms with Crippen LogP contribution in [0, 0.1) is 11.6 Å². The molecule has 1 amide bonds. The number of fused-ring (bicyclic) bond motifs is 1. The molecule has 4 nitrogen and oxygen atoms in total. The predicted octanol–water partition coefficient (Wildman–Crippen LogP) is 3.64. The molecule has 2 aromatic rings. The highest BCUT2D eigenvalue weighted by atomic mass is 19.1. The van der Waals surface area contributed by atoms with Gasteiger partial charge in [-0.2, -0.15) is 0 Å². The molecule has 3 rings (SSSR count). The highest BCUT2D eigenvalue weighted by Gasteiger charge is 2.24. The molecular weight excluding hydrogens is 328 g/mol. The molecular formula is C19H17F2NO3. The molecule has 1 aliphatic rings. The summed E-state index contributed by atoms with van der Waals surface area (Å²) < 4.78 is 32.1. The van der Waals surface area contributed by atoms with Gasteiger partial charge in [-0.25, -0.2) is 13.6 Å². The van der Waals surface area contributed by atoms with E-state index >= 15 is 0 Å². The van der Waals surface area contributed by atoms with Crippen molar-refractivity contribution in [3.63, 3.8) is 0 Å². The van der Waals surface area contributed by atoms with E-state index in [1.54, 1.807) is 6.07 Å². The lowest BCUT2D eigenvalue weighted by molar-refractivity contribution is -0.123. The maximum absolute atomic E-state index is 13.6. The fourth-order valence-corrected chi connectivity index (χ4v) is 2.86. The number of aryl methyl sites for hydroxylation is 2. The number of amides is 1. The quantitative estimate of drug-likeness (QED) is 0.861.